The molecule has 1 fully saturated rings. The van der Waals surface area contributed by atoms with Crippen molar-refractivity contribution in [2.45, 2.75) is 37.3 Å². The Labute approximate surface area is 245 Å². The number of hydrogen-bond acceptors (Lipinski definition) is 6. The Hall–Kier alpha value is -4.21. The van der Waals surface area contributed by atoms with Crippen LogP contribution < -0.4 is 10.6 Å². The molecular formula is C33H37N3O6. The van der Waals surface area contributed by atoms with Gasteiger partial charge < -0.3 is 25.2 Å². The van der Waals surface area contributed by atoms with E-state index in [4.69, 9.17) is 9.47 Å². The second-order valence-corrected chi connectivity index (χ2v) is 10.8. The number of benzene rings is 3. The Morgan fingerprint density at radius 3 is 2.12 bits per heavy atom. The van der Waals surface area contributed by atoms with Gasteiger partial charge in [0, 0.05) is 38.5 Å². The number of carbonyl (C=O) groups is 3. The number of carboxylic acids is 1. The molecule has 220 valence electrons. The van der Waals surface area contributed by atoms with Crippen LogP contribution in [0.3, 0.4) is 0 Å². The van der Waals surface area contributed by atoms with E-state index in [2.05, 4.69) is 39.8 Å². The molecule has 3 aromatic carbocycles. The zero-order chi connectivity index (χ0) is 29.4. The van der Waals surface area contributed by atoms with E-state index in [1.165, 1.54) is 16.7 Å². The first-order valence-electron chi connectivity index (χ1n) is 14.4. The minimum atomic E-state index is -1.27. The molecule has 0 aromatic heterocycles. The largest absolute Gasteiger partial charge is 0.480 e. The van der Waals surface area contributed by atoms with Crippen molar-refractivity contribution in [2.24, 2.45) is 0 Å². The first-order valence-corrected chi connectivity index (χ1v) is 14.4. The van der Waals surface area contributed by atoms with Crippen molar-refractivity contribution in [3.63, 3.8) is 0 Å². The molecule has 1 aliphatic heterocycles. The first kappa shape index (κ1) is 29.3. The maximum Gasteiger partial charge on any atom is 0.407 e. The zero-order valence-corrected chi connectivity index (χ0v) is 23.6. The van der Waals surface area contributed by atoms with Crippen molar-refractivity contribution < 1.29 is 29.0 Å². The number of fused-ring (bicyclic) bond motifs is 3. The summed E-state index contributed by atoms with van der Waals surface area (Å²) in [7, 11) is 0. The van der Waals surface area contributed by atoms with Gasteiger partial charge >= 0.3 is 12.1 Å². The van der Waals surface area contributed by atoms with Gasteiger partial charge in [0.1, 0.15) is 12.1 Å². The fourth-order valence-electron chi connectivity index (χ4n) is 5.80. The molecule has 0 spiro atoms. The standard InChI is InChI=1S/C33H37N3O6/c37-30(35-33(31(38)39)15-18-36(19-16-33)22-24-8-2-1-3-9-24)14-20-41-21-17-34-32(40)42-23-29-27-12-6-4-10-25(27)26-11-5-7-13-28(26)29/h1-13,29H,14-23H2,(H,34,40)(H,35,37)(H,38,39). The summed E-state index contributed by atoms with van der Waals surface area (Å²) in [6.45, 7) is 2.70. The minimum Gasteiger partial charge on any atom is -0.480 e. The lowest BCUT2D eigenvalue weighted by Crippen LogP contribution is -2.60. The molecule has 9 heteroatoms. The topological polar surface area (TPSA) is 117 Å². The summed E-state index contributed by atoms with van der Waals surface area (Å²) in [6.07, 6.45) is 0.186. The molecule has 1 aliphatic carbocycles. The van der Waals surface area contributed by atoms with Crippen LogP contribution in [0.4, 0.5) is 4.79 Å². The lowest BCUT2D eigenvalue weighted by molar-refractivity contribution is -0.150. The molecule has 2 amide bonds. The molecule has 0 unspecified atom stereocenters. The number of nitrogens with zero attached hydrogens (tertiary/aromatic N) is 1. The number of carboxylic acid groups (broad SMARTS) is 1. The minimum absolute atomic E-state index is 0.0110. The fraction of sp³-hybridized carbons (Fsp3) is 0.364. The molecule has 2 aliphatic rings. The number of aliphatic carboxylic acids is 1. The second-order valence-electron chi connectivity index (χ2n) is 10.8. The van der Waals surface area contributed by atoms with Gasteiger partial charge in [0.05, 0.1) is 13.2 Å². The van der Waals surface area contributed by atoms with Gasteiger partial charge in [-0.3, -0.25) is 9.69 Å². The molecule has 1 heterocycles. The number of ether oxygens (including phenoxy) is 2. The number of alkyl carbamates (subject to hydrolysis) is 1. The number of carbonyl (C=O) groups excluding carboxylic acids is 2. The molecule has 0 atom stereocenters. The van der Waals surface area contributed by atoms with Crippen molar-refractivity contribution in [3.8, 4) is 11.1 Å². The number of hydrogen-bond donors (Lipinski definition) is 3. The zero-order valence-electron chi connectivity index (χ0n) is 23.6. The SMILES string of the molecule is O=C(CCOCCNC(=O)OCC1c2ccccc2-c2ccccc21)NC1(C(=O)O)CCN(Cc2ccccc2)CC1. The van der Waals surface area contributed by atoms with E-state index >= 15 is 0 Å². The monoisotopic (exact) mass is 571 g/mol. The highest BCUT2D eigenvalue weighted by atomic mass is 16.5. The smallest absolute Gasteiger partial charge is 0.407 e. The van der Waals surface area contributed by atoms with Crippen LogP contribution in [0.25, 0.3) is 11.1 Å². The van der Waals surface area contributed by atoms with Crippen LogP contribution in [-0.4, -0.2) is 73.0 Å². The van der Waals surface area contributed by atoms with Crippen LogP contribution in [0.2, 0.25) is 0 Å². The third-order valence-electron chi connectivity index (χ3n) is 8.08. The van der Waals surface area contributed by atoms with Gasteiger partial charge in [0.15, 0.2) is 0 Å². The highest BCUT2D eigenvalue weighted by Gasteiger charge is 2.42. The fourth-order valence-corrected chi connectivity index (χ4v) is 5.80. The van der Waals surface area contributed by atoms with E-state index < -0.39 is 17.6 Å². The molecule has 3 aromatic rings. The number of nitrogens with one attached hydrogen (secondary N) is 2. The maximum atomic E-state index is 12.6. The first-order chi connectivity index (χ1) is 20.4. The van der Waals surface area contributed by atoms with Gasteiger partial charge in [0.2, 0.25) is 5.91 Å². The number of rotatable bonds is 12. The van der Waals surface area contributed by atoms with E-state index in [-0.39, 0.29) is 44.6 Å². The quantitative estimate of drug-likeness (QED) is 0.280. The van der Waals surface area contributed by atoms with Crippen molar-refractivity contribution in [3.05, 3.63) is 95.6 Å². The lowest BCUT2D eigenvalue weighted by atomic mass is 9.87. The average Bonchev–Trinajstić information content (AvgIpc) is 3.33. The van der Waals surface area contributed by atoms with Crippen LogP contribution in [0.1, 0.15) is 41.9 Å². The molecule has 0 radical (unpaired) electrons. The number of piperidine rings is 1. The Morgan fingerprint density at radius 2 is 1.48 bits per heavy atom. The van der Waals surface area contributed by atoms with Gasteiger partial charge in [-0.15, -0.1) is 0 Å². The molecule has 1 saturated heterocycles. The Bertz CT molecular complexity index is 1340. The van der Waals surface area contributed by atoms with E-state index in [1.807, 2.05) is 54.6 Å². The van der Waals surface area contributed by atoms with Crippen LogP contribution in [-0.2, 0) is 25.6 Å². The normalized spacial score (nSPS) is 15.8. The van der Waals surface area contributed by atoms with Crippen LogP contribution in [0.5, 0.6) is 0 Å². The summed E-state index contributed by atoms with van der Waals surface area (Å²) >= 11 is 0. The summed E-state index contributed by atoms with van der Waals surface area (Å²) in [4.78, 5) is 39.2. The van der Waals surface area contributed by atoms with Gasteiger partial charge in [-0.05, 0) is 40.7 Å². The summed E-state index contributed by atoms with van der Waals surface area (Å²) in [5, 5.41) is 15.3. The molecule has 9 nitrogen and oxygen atoms in total. The van der Waals surface area contributed by atoms with E-state index in [0.29, 0.717) is 25.9 Å². The molecule has 0 saturated carbocycles. The van der Waals surface area contributed by atoms with Gasteiger partial charge in [-0.25, -0.2) is 9.59 Å². The molecule has 0 bridgehead atoms. The number of amides is 2. The summed E-state index contributed by atoms with van der Waals surface area (Å²) < 4.78 is 11.0. The van der Waals surface area contributed by atoms with Crippen molar-refractivity contribution in [1.82, 2.24) is 15.5 Å². The van der Waals surface area contributed by atoms with E-state index in [1.54, 1.807) is 0 Å². The maximum absolute atomic E-state index is 12.6. The van der Waals surface area contributed by atoms with Crippen molar-refractivity contribution in [1.29, 1.82) is 0 Å². The highest BCUT2D eigenvalue weighted by Crippen LogP contribution is 2.44. The Morgan fingerprint density at radius 1 is 0.857 bits per heavy atom. The van der Waals surface area contributed by atoms with Gasteiger partial charge in [-0.1, -0.05) is 78.9 Å². The third kappa shape index (κ3) is 6.98. The van der Waals surface area contributed by atoms with Crippen molar-refractivity contribution in [2.75, 3.05) is 39.5 Å². The Kier molecular flexibility index (Phi) is 9.51. The molecular weight excluding hydrogens is 534 g/mol. The van der Waals surface area contributed by atoms with Crippen LogP contribution in [0, 0.1) is 0 Å². The van der Waals surface area contributed by atoms with Crippen LogP contribution in [0.15, 0.2) is 78.9 Å². The number of likely N-dealkylation sites (tertiary alicyclic amines) is 1. The predicted octanol–water partition coefficient (Wildman–Crippen LogP) is 4.17. The molecule has 3 N–H and O–H groups in total. The van der Waals surface area contributed by atoms with E-state index in [0.717, 1.165) is 17.7 Å². The Balaban J connectivity index is 0.977. The van der Waals surface area contributed by atoms with Crippen LogP contribution >= 0.6 is 0 Å². The van der Waals surface area contributed by atoms with E-state index in [9.17, 15) is 19.5 Å². The average molecular weight is 572 g/mol. The van der Waals surface area contributed by atoms with Gasteiger partial charge in [0.25, 0.3) is 0 Å². The second kappa shape index (κ2) is 13.6. The molecule has 42 heavy (non-hydrogen) atoms. The summed E-state index contributed by atoms with van der Waals surface area (Å²) in [6, 6.07) is 26.4. The highest BCUT2D eigenvalue weighted by molar-refractivity contribution is 5.87. The lowest BCUT2D eigenvalue weighted by Gasteiger charge is -2.39. The predicted molar refractivity (Wildman–Crippen MR) is 158 cm³/mol. The van der Waals surface area contributed by atoms with Gasteiger partial charge in [-0.2, -0.15) is 0 Å². The summed E-state index contributed by atoms with van der Waals surface area (Å²) in [5.41, 5.74) is 4.54. The third-order valence-corrected chi connectivity index (χ3v) is 8.08. The van der Waals surface area contributed by atoms with Crippen molar-refractivity contribution >= 4 is 18.0 Å². The summed E-state index contributed by atoms with van der Waals surface area (Å²) in [5.74, 6) is -1.38. The molecule has 5 rings (SSSR count).